The highest BCUT2D eigenvalue weighted by Gasteiger charge is 2.48. The molecule has 0 aromatic heterocycles. The van der Waals surface area contributed by atoms with Crippen molar-refractivity contribution in [1.82, 2.24) is 0 Å². The van der Waals surface area contributed by atoms with Gasteiger partial charge in [-0.3, -0.25) is 0 Å². The highest BCUT2D eigenvalue weighted by molar-refractivity contribution is 5.95. The van der Waals surface area contributed by atoms with Crippen molar-refractivity contribution in [3.05, 3.63) is 65.2 Å². The molecule has 7 heteroatoms. The molecule has 4 nitrogen and oxygen atoms in total. The average Bonchev–Trinajstić information content (AvgIpc) is 2.58. The van der Waals surface area contributed by atoms with Gasteiger partial charge in [0.15, 0.2) is 11.5 Å². The van der Waals surface area contributed by atoms with E-state index in [1.54, 1.807) is 6.07 Å². The fraction of sp³-hybridized carbons (Fsp3) is 0.167. The summed E-state index contributed by atoms with van der Waals surface area (Å²) in [6.45, 7) is 0.146. The molecule has 1 N–H and O–H groups in total. The Morgan fingerprint density at radius 2 is 1.84 bits per heavy atom. The van der Waals surface area contributed by atoms with Crippen LogP contribution >= 0.6 is 0 Å². The van der Waals surface area contributed by atoms with E-state index in [-0.39, 0.29) is 23.7 Å². The summed E-state index contributed by atoms with van der Waals surface area (Å²) in [4.78, 5) is 11.1. The minimum atomic E-state index is -4.85. The number of halogens is 3. The molecule has 0 fully saturated rings. The first-order chi connectivity index (χ1) is 11.9. The zero-order valence-electron chi connectivity index (χ0n) is 12.8. The van der Waals surface area contributed by atoms with E-state index in [4.69, 9.17) is 14.6 Å². The Balaban J connectivity index is 1.93. The molecule has 1 unspecified atom stereocenters. The Bertz CT molecular complexity index is 813. The zero-order chi connectivity index (χ0) is 18.0. The topological polar surface area (TPSA) is 55.8 Å². The molecule has 0 saturated heterocycles. The highest BCUT2D eigenvalue weighted by Crippen LogP contribution is 2.42. The maximum absolute atomic E-state index is 13.2. The first kappa shape index (κ1) is 16.9. The molecular formula is C18H13F3O4. The van der Waals surface area contributed by atoms with Crippen LogP contribution in [0.2, 0.25) is 0 Å². The summed E-state index contributed by atoms with van der Waals surface area (Å²) in [6, 6.07) is 13.6. The van der Waals surface area contributed by atoms with Gasteiger partial charge in [-0.15, -0.1) is 0 Å². The minimum Gasteiger partial charge on any atom is -0.485 e. The smallest absolute Gasteiger partial charge is 0.430 e. The summed E-state index contributed by atoms with van der Waals surface area (Å²) in [5.41, 5.74) is 0.203. The number of carbonyl (C=O) groups is 1. The van der Waals surface area contributed by atoms with Crippen molar-refractivity contribution in [2.45, 2.75) is 18.9 Å². The van der Waals surface area contributed by atoms with Crippen molar-refractivity contribution >= 4 is 12.0 Å². The molecule has 0 radical (unpaired) electrons. The summed E-state index contributed by atoms with van der Waals surface area (Å²) in [5, 5.41) is 9.04. The van der Waals surface area contributed by atoms with Gasteiger partial charge in [-0.2, -0.15) is 13.2 Å². The number of para-hydroxylation sites is 1. The lowest BCUT2D eigenvalue weighted by Crippen LogP contribution is -2.40. The Hall–Kier alpha value is -2.96. The van der Waals surface area contributed by atoms with Crippen LogP contribution in [0.25, 0.3) is 6.08 Å². The van der Waals surface area contributed by atoms with Gasteiger partial charge in [0.25, 0.3) is 0 Å². The van der Waals surface area contributed by atoms with Crippen molar-refractivity contribution in [1.29, 1.82) is 0 Å². The van der Waals surface area contributed by atoms with E-state index in [0.717, 1.165) is 11.6 Å². The zero-order valence-corrected chi connectivity index (χ0v) is 12.8. The van der Waals surface area contributed by atoms with Crippen LogP contribution in [-0.2, 0) is 11.4 Å². The van der Waals surface area contributed by atoms with E-state index in [2.05, 4.69) is 0 Å². The van der Waals surface area contributed by atoms with E-state index in [1.807, 2.05) is 30.3 Å². The molecule has 1 heterocycles. The van der Waals surface area contributed by atoms with Gasteiger partial charge >= 0.3 is 12.1 Å². The van der Waals surface area contributed by atoms with Gasteiger partial charge in [-0.1, -0.05) is 42.5 Å². The van der Waals surface area contributed by atoms with Gasteiger partial charge in [0.1, 0.15) is 6.61 Å². The molecule has 1 atom stereocenters. The quantitative estimate of drug-likeness (QED) is 0.904. The maximum Gasteiger partial charge on any atom is 0.430 e. The van der Waals surface area contributed by atoms with Crippen LogP contribution in [-0.4, -0.2) is 23.4 Å². The van der Waals surface area contributed by atoms with Crippen LogP contribution in [0.4, 0.5) is 13.2 Å². The van der Waals surface area contributed by atoms with E-state index in [9.17, 15) is 18.0 Å². The SMILES string of the molecule is O=C(O)C1=Cc2cccc(OCc3ccccc3)c2OC1C(F)(F)F. The number of benzene rings is 2. The van der Waals surface area contributed by atoms with Crippen molar-refractivity contribution in [2.24, 2.45) is 0 Å². The molecule has 130 valence electrons. The monoisotopic (exact) mass is 350 g/mol. The van der Waals surface area contributed by atoms with Gasteiger partial charge in [0.05, 0.1) is 5.57 Å². The number of hydrogen-bond donors (Lipinski definition) is 1. The van der Waals surface area contributed by atoms with Crippen molar-refractivity contribution in [3.8, 4) is 11.5 Å². The number of ether oxygens (including phenoxy) is 2. The maximum atomic E-state index is 13.2. The fourth-order valence-corrected chi connectivity index (χ4v) is 2.46. The minimum absolute atomic E-state index is 0.120. The van der Waals surface area contributed by atoms with Gasteiger partial charge in [-0.05, 0) is 17.7 Å². The fourth-order valence-electron chi connectivity index (χ4n) is 2.46. The highest BCUT2D eigenvalue weighted by atomic mass is 19.4. The predicted molar refractivity (Wildman–Crippen MR) is 83.3 cm³/mol. The Morgan fingerprint density at radius 1 is 1.12 bits per heavy atom. The first-order valence-electron chi connectivity index (χ1n) is 7.34. The lowest BCUT2D eigenvalue weighted by atomic mass is 10.0. The molecule has 0 spiro atoms. The summed E-state index contributed by atoms with van der Waals surface area (Å²) < 4.78 is 50.0. The molecule has 1 aliphatic heterocycles. The number of carboxylic acid groups (broad SMARTS) is 1. The van der Waals surface area contributed by atoms with Gasteiger partial charge in [-0.25, -0.2) is 4.79 Å². The molecule has 2 aromatic carbocycles. The van der Waals surface area contributed by atoms with Crippen LogP contribution in [0, 0.1) is 0 Å². The number of rotatable bonds is 4. The Morgan fingerprint density at radius 3 is 2.48 bits per heavy atom. The van der Waals surface area contributed by atoms with Gasteiger partial charge in [0.2, 0.25) is 6.10 Å². The van der Waals surface area contributed by atoms with E-state index in [0.29, 0.717) is 0 Å². The number of alkyl halides is 3. The van der Waals surface area contributed by atoms with E-state index in [1.165, 1.54) is 12.1 Å². The summed E-state index contributed by atoms with van der Waals surface area (Å²) in [6.07, 6.45) is -6.43. The molecule has 25 heavy (non-hydrogen) atoms. The molecule has 0 saturated carbocycles. The third-order valence-electron chi connectivity index (χ3n) is 3.62. The standard InChI is InChI=1S/C18H13F3O4/c19-18(20,21)16-13(17(22)23)9-12-7-4-8-14(15(12)25-16)24-10-11-5-2-1-3-6-11/h1-9,16H,10H2,(H,22,23). The lowest BCUT2D eigenvalue weighted by molar-refractivity contribution is -0.187. The Kier molecular flexibility index (Phi) is 4.39. The summed E-state index contributed by atoms with van der Waals surface area (Å²) in [5.74, 6) is -1.68. The molecule has 0 bridgehead atoms. The van der Waals surface area contributed by atoms with E-state index >= 15 is 0 Å². The van der Waals surface area contributed by atoms with Crippen molar-refractivity contribution in [3.63, 3.8) is 0 Å². The average molecular weight is 350 g/mol. The molecular weight excluding hydrogens is 337 g/mol. The van der Waals surface area contributed by atoms with Gasteiger partial charge in [0, 0.05) is 5.56 Å². The molecule has 1 aliphatic rings. The largest absolute Gasteiger partial charge is 0.485 e. The number of hydrogen-bond acceptors (Lipinski definition) is 3. The second-order valence-corrected chi connectivity index (χ2v) is 5.39. The molecule has 2 aromatic rings. The summed E-state index contributed by atoms with van der Waals surface area (Å²) in [7, 11) is 0. The summed E-state index contributed by atoms with van der Waals surface area (Å²) >= 11 is 0. The lowest BCUT2D eigenvalue weighted by Gasteiger charge is -2.28. The first-order valence-corrected chi connectivity index (χ1v) is 7.34. The third kappa shape index (κ3) is 3.60. The van der Waals surface area contributed by atoms with E-state index < -0.39 is 23.8 Å². The Labute approximate surface area is 141 Å². The van der Waals surface area contributed by atoms with Crippen LogP contribution in [0.3, 0.4) is 0 Å². The second-order valence-electron chi connectivity index (χ2n) is 5.39. The molecule has 0 aliphatic carbocycles. The number of fused-ring (bicyclic) bond motifs is 1. The third-order valence-corrected chi connectivity index (χ3v) is 3.62. The van der Waals surface area contributed by atoms with Crippen LogP contribution in [0.1, 0.15) is 11.1 Å². The number of aliphatic carboxylic acids is 1. The normalized spacial score (nSPS) is 16.4. The van der Waals surface area contributed by atoms with Crippen LogP contribution in [0.15, 0.2) is 54.1 Å². The molecule has 3 rings (SSSR count). The number of carboxylic acids is 1. The van der Waals surface area contributed by atoms with Crippen LogP contribution < -0.4 is 9.47 Å². The van der Waals surface area contributed by atoms with Gasteiger partial charge < -0.3 is 14.6 Å². The predicted octanol–water partition coefficient (Wildman–Crippen LogP) is 4.06. The van der Waals surface area contributed by atoms with Crippen molar-refractivity contribution < 1.29 is 32.5 Å². The van der Waals surface area contributed by atoms with Crippen molar-refractivity contribution in [2.75, 3.05) is 0 Å². The molecule has 0 amide bonds. The second kappa shape index (κ2) is 6.51. The van der Waals surface area contributed by atoms with Crippen LogP contribution in [0.5, 0.6) is 11.5 Å².